The highest BCUT2D eigenvalue weighted by molar-refractivity contribution is 7.89. The van der Waals surface area contributed by atoms with Gasteiger partial charge in [-0.25, -0.2) is 13.4 Å². The molecule has 1 saturated heterocycles. The summed E-state index contributed by atoms with van der Waals surface area (Å²) in [5.74, 6) is 1.29. The molecule has 1 N–H and O–H groups in total. The molecule has 0 saturated carbocycles. The lowest BCUT2D eigenvalue weighted by Gasteiger charge is -2.36. The van der Waals surface area contributed by atoms with Crippen LogP contribution in [0.15, 0.2) is 41.6 Å². The van der Waals surface area contributed by atoms with Gasteiger partial charge in [0.2, 0.25) is 0 Å². The summed E-state index contributed by atoms with van der Waals surface area (Å²) in [6, 6.07) is 7.72. The number of rotatable bonds is 5. The van der Waals surface area contributed by atoms with Gasteiger partial charge in [0.05, 0.1) is 12.0 Å². The maximum atomic E-state index is 12.8. The number of piperazine rings is 1. The smallest absolute Gasteiger partial charge is 0.262 e. The van der Waals surface area contributed by atoms with Crippen LogP contribution in [-0.4, -0.2) is 72.1 Å². The monoisotopic (exact) mass is 431 g/mol. The summed E-state index contributed by atoms with van der Waals surface area (Å²) in [7, 11) is -2.54. The second-order valence-electron chi connectivity index (χ2n) is 6.82. The van der Waals surface area contributed by atoms with Crippen LogP contribution >= 0.6 is 0 Å². The van der Waals surface area contributed by atoms with E-state index in [2.05, 4.69) is 24.8 Å². The first-order valence-corrected chi connectivity index (χ1v) is 10.7. The fourth-order valence-corrected chi connectivity index (χ4v) is 4.20. The van der Waals surface area contributed by atoms with Crippen molar-refractivity contribution in [1.82, 2.24) is 29.4 Å². The van der Waals surface area contributed by atoms with Crippen LogP contribution in [0.4, 0.5) is 5.82 Å². The molecule has 3 heterocycles. The molecule has 1 aliphatic rings. The van der Waals surface area contributed by atoms with Crippen molar-refractivity contribution in [3.05, 3.63) is 47.9 Å². The first-order chi connectivity index (χ1) is 14.4. The molecule has 1 amide bonds. The van der Waals surface area contributed by atoms with E-state index in [0.717, 1.165) is 11.5 Å². The Morgan fingerprint density at radius 2 is 1.83 bits per heavy atom. The van der Waals surface area contributed by atoms with E-state index in [4.69, 9.17) is 0 Å². The van der Waals surface area contributed by atoms with Crippen LogP contribution < -0.4 is 9.79 Å². The number of fused-ring (bicyclic) bond motifs is 1. The van der Waals surface area contributed by atoms with E-state index >= 15 is 0 Å². The number of carbonyl (C=O) groups excluding carboxylic acids is 1. The van der Waals surface area contributed by atoms with E-state index in [-0.39, 0.29) is 10.8 Å². The lowest BCUT2D eigenvalue weighted by Crippen LogP contribution is -2.49. The van der Waals surface area contributed by atoms with Gasteiger partial charge in [0.15, 0.2) is 0 Å². The summed E-state index contributed by atoms with van der Waals surface area (Å²) < 4.78 is 25.6. The van der Waals surface area contributed by atoms with Gasteiger partial charge >= 0.3 is 0 Å². The number of sulfonamides is 1. The summed E-state index contributed by atoms with van der Waals surface area (Å²) in [6.45, 7) is 4.23. The number of anilines is 1. The lowest BCUT2D eigenvalue weighted by atomic mass is 10.2. The molecule has 0 unspecified atom stereocenters. The van der Waals surface area contributed by atoms with Crippen LogP contribution in [0.25, 0.3) is 5.78 Å². The number of hydrogen-bond acceptors (Lipinski definition) is 8. The van der Waals surface area contributed by atoms with Crippen molar-refractivity contribution >= 4 is 27.5 Å². The zero-order chi connectivity index (χ0) is 21.3. The van der Waals surface area contributed by atoms with Gasteiger partial charge < -0.3 is 9.80 Å². The van der Waals surface area contributed by atoms with Gasteiger partial charge in [0.1, 0.15) is 12.1 Å². The summed E-state index contributed by atoms with van der Waals surface area (Å²) in [5.41, 5.74) is 1.28. The molecule has 11 nitrogen and oxygen atoms in total. The molecular weight excluding hydrogens is 410 g/mol. The van der Waals surface area contributed by atoms with Gasteiger partial charge in [-0.15, -0.1) is 0 Å². The summed E-state index contributed by atoms with van der Waals surface area (Å²) in [4.78, 5) is 31.7. The highest BCUT2D eigenvalue weighted by Crippen LogP contribution is 2.19. The quantitative estimate of drug-likeness (QED) is 0.570. The van der Waals surface area contributed by atoms with Crippen molar-refractivity contribution in [3.8, 4) is 0 Å². The molecule has 3 aromatic rings. The molecule has 1 aliphatic heterocycles. The van der Waals surface area contributed by atoms with E-state index in [9.17, 15) is 13.2 Å². The van der Waals surface area contributed by atoms with Crippen molar-refractivity contribution in [2.75, 3.05) is 38.2 Å². The Morgan fingerprint density at radius 1 is 1.13 bits per heavy atom. The van der Waals surface area contributed by atoms with Crippen molar-refractivity contribution in [1.29, 1.82) is 0 Å². The fraction of sp³-hybridized carbons (Fsp3) is 0.333. The Bertz CT molecular complexity index is 1170. The Balaban J connectivity index is 1.45. The molecule has 0 aliphatic carbocycles. The van der Waals surface area contributed by atoms with Crippen LogP contribution in [0.1, 0.15) is 16.1 Å². The van der Waals surface area contributed by atoms with Gasteiger partial charge in [-0.05, 0) is 31.2 Å². The number of amides is 1. The zero-order valence-corrected chi connectivity index (χ0v) is 17.3. The molecule has 0 atom stereocenters. The normalized spacial score (nSPS) is 15.0. The molecule has 0 spiro atoms. The topological polar surface area (TPSA) is 122 Å². The summed E-state index contributed by atoms with van der Waals surface area (Å²) >= 11 is 0. The number of aryl methyl sites for hydroxylation is 1. The maximum Gasteiger partial charge on any atom is 0.262 e. The Kier molecular flexibility index (Phi) is 5.37. The molecule has 0 radical (unpaired) electrons. The second kappa shape index (κ2) is 7.97. The third-order valence-electron chi connectivity index (χ3n) is 4.86. The first-order valence-electron chi connectivity index (χ1n) is 9.25. The van der Waals surface area contributed by atoms with Crippen LogP contribution in [0.3, 0.4) is 0 Å². The standard InChI is InChI=1S/C18H21N7O4S/c1-13-11-16(25-18(21-13)19-12-20-25)23-7-9-24(10-8-23)17(26)14-3-5-15(6-4-14)30(27,28)22-29-2/h3-6,11-12,22H,7-10H2,1-2H3. The average Bonchev–Trinajstić information content (AvgIpc) is 3.21. The van der Waals surface area contributed by atoms with Gasteiger partial charge in [-0.1, -0.05) is 4.89 Å². The number of nitrogens with zero attached hydrogens (tertiary/aromatic N) is 6. The van der Waals surface area contributed by atoms with Crippen LogP contribution in [-0.2, 0) is 14.9 Å². The summed E-state index contributed by atoms with van der Waals surface area (Å²) in [5, 5.41) is 4.24. The summed E-state index contributed by atoms with van der Waals surface area (Å²) in [6.07, 6.45) is 1.47. The average molecular weight is 431 g/mol. The van der Waals surface area contributed by atoms with Crippen molar-refractivity contribution in [2.24, 2.45) is 0 Å². The van der Waals surface area contributed by atoms with Crippen LogP contribution in [0.2, 0.25) is 0 Å². The van der Waals surface area contributed by atoms with E-state index < -0.39 is 10.0 Å². The van der Waals surface area contributed by atoms with Gasteiger partial charge in [0, 0.05) is 43.5 Å². The van der Waals surface area contributed by atoms with Gasteiger partial charge in [-0.2, -0.15) is 14.6 Å². The molecule has 30 heavy (non-hydrogen) atoms. The second-order valence-corrected chi connectivity index (χ2v) is 8.47. The molecule has 0 bridgehead atoms. The predicted molar refractivity (Wildman–Crippen MR) is 107 cm³/mol. The minimum atomic E-state index is -3.75. The molecule has 4 rings (SSSR count). The first kappa shape index (κ1) is 20.2. The Labute approximate surface area is 173 Å². The highest BCUT2D eigenvalue weighted by atomic mass is 32.2. The van der Waals surface area contributed by atoms with E-state index in [0.29, 0.717) is 37.5 Å². The molecule has 158 valence electrons. The van der Waals surface area contributed by atoms with Crippen molar-refractivity contribution in [3.63, 3.8) is 0 Å². The third-order valence-corrected chi connectivity index (χ3v) is 6.14. The highest BCUT2D eigenvalue weighted by Gasteiger charge is 2.24. The van der Waals surface area contributed by atoms with E-state index in [1.807, 2.05) is 17.9 Å². The third kappa shape index (κ3) is 3.84. The largest absolute Gasteiger partial charge is 0.353 e. The molecule has 2 aromatic heterocycles. The van der Waals surface area contributed by atoms with Gasteiger partial charge in [-0.3, -0.25) is 9.63 Å². The Morgan fingerprint density at radius 3 is 2.50 bits per heavy atom. The number of benzene rings is 1. The maximum absolute atomic E-state index is 12.8. The van der Waals surface area contributed by atoms with Crippen molar-refractivity contribution in [2.45, 2.75) is 11.8 Å². The van der Waals surface area contributed by atoms with Crippen LogP contribution in [0.5, 0.6) is 0 Å². The van der Waals surface area contributed by atoms with Crippen molar-refractivity contribution < 1.29 is 18.0 Å². The number of aromatic nitrogens is 4. The minimum Gasteiger partial charge on any atom is -0.353 e. The van der Waals surface area contributed by atoms with E-state index in [1.54, 1.807) is 9.42 Å². The van der Waals surface area contributed by atoms with Gasteiger partial charge in [0.25, 0.3) is 21.7 Å². The fourth-order valence-electron chi connectivity index (χ4n) is 3.39. The SMILES string of the molecule is CONS(=O)(=O)c1ccc(C(=O)N2CCN(c3cc(C)nc4ncnn34)CC2)cc1. The predicted octanol–water partition coefficient (Wildman–Crippen LogP) is 0.235. The number of hydrogen-bond donors (Lipinski definition) is 1. The number of nitrogens with one attached hydrogen (secondary N) is 1. The molecule has 1 fully saturated rings. The molecule has 12 heteroatoms. The Hall–Kier alpha value is -3.09. The lowest BCUT2D eigenvalue weighted by molar-refractivity contribution is 0.0746. The molecular formula is C18H21N7O4S. The van der Waals surface area contributed by atoms with E-state index in [1.165, 1.54) is 37.7 Å². The van der Waals surface area contributed by atoms with Crippen LogP contribution in [0, 0.1) is 6.92 Å². The number of carbonyl (C=O) groups is 1. The minimum absolute atomic E-state index is 0.0237. The molecule has 1 aromatic carbocycles. The zero-order valence-electron chi connectivity index (χ0n) is 16.5.